The SMILES string of the molecule is CC(=O)[C@@H](CCCCNC(=O)/C=C(C)/C=C/C=C(C)/C=C/C1=C(C)CCCC1(C)C)CC(=O)/C=C(C)/C=C/C=C(C)/C=C/C1=C(C)CCCC1(C)C. The molecule has 1 amide bonds. The van der Waals surface area contributed by atoms with E-state index >= 15 is 0 Å². The fourth-order valence-electron chi connectivity index (χ4n) is 7.35. The summed E-state index contributed by atoms with van der Waals surface area (Å²) in [6, 6.07) is 0. The highest BCUT2D eigenvalue weighted by atomic mass is 16.1. The first-order chi connectivity index (χ1) is 24.4. The summed E-state index contributed by atoms with van der Waals surface area (Å²) in [4.78, 5) is 37.6. The van der Waals surface area contributed by atoms with Gasteiger partial charge in [-0.3, -0.25) is 14.4 Å². The minimum atomic E-state index is -0.307. The summed E-state index contributed by atoms with van der Waals surface area (Å²) in [5.41, 5.74) is 10.4. The van der Waals surface area contributed by atoms with Gasteiger partial charge in [-0.15, -0.1) is 0 Å². The van der Waals surface area contributed by atoms with Crippen LogP contribution in [0, 0.1) is 16.7 Å². The van der Waals surface area contributed by atoms with Gasteiger partial charge >= 0.3 is 0 Å². The van der Waals surface area contributed by atoms with Crippen LogP contribution in [0.15, 0.2) is 117 Å². The molecule has 52 heavy (non-hydrogen) atoms. The third kappa shape index (κ3) is 16.3. The van der Waals surface area contributed by atoms with Crippen LogP contribution in [0.25, 0.3) is 0 Å². The number of ketones is 2. The Kier molecular flexibility index (Phi) is 18.5. The maximum absolute atomic E-state index is 12.8. The van der Waals surface area contributed by atoms with E-state index < -0.39 is 0 Å². The Labute approximate surface area is 317 Å². The van der Waals surface area contributed by atoms with Gasteiger partial charge in [-0.25, -0.2) is 0 Å². The molecule has 0 aromatic heterocycles. The van der Waals surface area contributed by atoms with Gasteiger partial charge in [-0.05, 0) is 139 Å². The Morgan fingerprint density at radius 2 is 1.15 bits per heavy atom. The Morgan fingerprint density at radius 1 is 0.673 bits per heavy atom. The highest BCUT2D eigenvalue weighted by molar-refractivity contribution is 5.94. The van der Waals surface area contributed by atoms with Crippen molar-refractivity contribution in [2.24, 2.45) is 16.7 Å². The van der Waals surface area contributed by atoms with Crippen molar-refractivity contribution >= 4 is 17.5 Å². The van der Waals surface area contributed by atoms with Gasteiger partial charge in [0.1, 0.15) is 5.78 Å². The van der Waals surface area contributed by atoms with Crippen molar-refractivity contribution in [3.63, 3.8) is 0 Å². The summed E-state index contributed by atoms with van der Waals surface area (Å²) in [7, 11) is 0. The fourth-order valence-corrected chi connectivity index (χ4v) is 7.35. The maximum atomic E-state index is 12.8. The van der Waals surface area contributed by atoms with E-state index in [1.54, 1.807) is 19.1 Å². The number of unbranched alkanes of at least 4 members (excludes halogenated alkanes) is 1. The van der Waals surface area contributed by atoms with E-state index in [9.17, 15) is 14.4 Å². The van der Waals surface area contributed by atoms with E-state index in [1.807, 2.05) is 38.2 Å². The van der Waals surface area contributed by atoms with Gasteiger partial charge in [-0.1, -0.05) is 117 Å². The van der Waals surface area contributed by atoms with E-state index in [1.165, 1.54) is 60.8 Å². The molecular weight excluding hydrogens is 639 g/mol. The molecule has 0 aliphatic heterocycles. The van der Waals surface area contributed by atoms with E-state index in [0.29, 0.717) is 13.0 Å². The molecule has 0 aromatic carbocycles. The third-order valence-electron chi connectivity index (χ3n) is 10.6. The van der Waals surface area contributed by atoms with Crippen LogP contribution in [0.2, 0.25) is 0 Å². The van der Waals surface area contributed by atoms with Crippen LogP contribution in [0.5, 0.6) is 0 Å². The van der Waals surface area contributed by atoms with Crippen LogP contribution in [0.1, 0.15) is 140 Å². The Bertz CT molecular complexity index is 1590. The number of hydrogen-bond donors (Lipinski definition) is 1. The van der Waals surface area contributed by atoms with E-state index in [-0.39, 0.29) is 40.6 Å². The monoisotopic (exact) mass is 708 g/mol. The van der Waals surface area contributed by atoms with Crippen molar-refractivity contribution in [3.05, 3.63) is 117 Å². The van der Waals surface area contributed by atoms with Gasteiger partial charge in [-0.2, -0.15) is 0 Å². The summed E-state index contributed by atoms with van der Waals surface area (Å²) in [6.45, 7) is 23.9. The lowest BCUT2D eigenvalue weighted by molar-refractivity contribution is -0.125. The van der Waals surface area contributed by atoms with Crippen LogP contribution >= 0.6 is 0 Å². The van der Waals surface area contributed by atoms with E-state index in [4.69, 9.17) is 0 Å². The van der Waals surface area contributed by atoms with Crippen LogP contribution in [0.4, 0.5) is 0 Å². The lowest BCUT2D eigenvalue weighted by Gasteiger charge is -2.33. The summed E-state index contributed by atoms with van der Waals surface area (Å²) in [6.07, 6.45) is 33.8. The van der Waals surface area contributed by atoms with Crippen molar-refractivity contribution in [2.75, 3.05) is 6.54 Å². The number of nitrogens with one attached hydrogen (secondary N) is 1. The van der Waals surface area contributed by atoms with E-state index in [2.05, 4.69) is 97.2 Å². The minimum Gasteiger partial charge on any atom is -0.353 e. The zero-order chi connectivity index (χ0) is 38.9. The molecule has 0 saturated carbocycles. The second-order valence-corrected chi connectivity index (χ2v) is 16.6. The van der Waals surface area contributed by atoms with Crippen molar-refractivity contribution in [1.82, 2.24) is 5.32 Å². The molecule has 0 saturated heterocycles. The number of carbonyl (C=O) groups excluding carboxylic acids is 3. The molecule has 1 N–H and O–H groups in total. The van der Waals surface area contributed by atoms with Gasteiger partial charge in [0.25, 0.3) is 0 Å². The molecule has 4 heteroatoms. The van der Waals surface area contributed by atoms with E-state index in [0.717, 1.165) is 35.1 Å². The molecule has 2 aliphatic rings. The summed E-state index contributed by atoms with van der Waals surface area (Å²) >= 11 is 0. The number of rotatable bonds is 18. The minimum absolute atomic E-state index is 0.0333. The standard InChI is InChI=1S/C48H69NO3/c1-35(25-27-44-39(5)22-16-29-47(44,8)9)18-14-20-37(3)32-43(51)34-42(41(7)50)24-12-13-31-49-46(52)33-38(4)21-15-19-36(2)26-28-45-40(6)23-17-30-48(45,10)11/h14-15,18-21,25-28,32-33,42H,12-13,16-17,22-24,29-31,34H2,1-11H3,(H,49,52)/b20-14+,21-15+,27-25+,28-26+,35-18+,36-19+,37-32+,38-33+/t42-/m0/s1. The first-order valence-corrected chi connectivity index (χ1v) is 19.6. The van der Waals surface area contributed by atoms with Crippen molar-refractivity contribution in [2.45, 2.75) is 140 Å². The molecule has 4 nitrogen and oxygen atoms in total. The largest absolute Gasteiger partial charge is 0.353 e. The Balaban J connectivity index is 1.78. The average molecular weight is 708 g/mol. The Hall–Kier alpha value is -3.79. The molecule has 0 unspecified atom stereocenters. The third-order valence-corrected chi connectivity index (χ3v) is 10.6. The lowest BCUT2D eigenvalue weighted by Crippen LogP contribution is -2.23. The molecule has 0 spiro atoms. The van der Waals surface area contributed by atoms with Crippen LogP contribution in [-0.4, -0.2) is 24.0 Å². The molecule has 2 aliphatic carbocycles. The molecule has 284 valence electrons. The smallest absolute Gasteiger partial charge is 0.244 e. The first kappa shape index (κ1) is 44.4. The highest BCUT2D eigenvalue weighted by Gasteiger charge is 2.27. The molecular formula is C48H69NO3. The molecule has 1 atom stereocenters. The van der Waals surface area contributed by atoms with Crippen molar-refractivity contribution in [1.29, 1.82) is 0 Å². The first-order valence-electron chi connectivity index (χ1n) is 19.6. The van der Waals surface area contributed by atoms with Gasteiger partial charge in [0.05, 0.1) is 0 Å². The summed E-state index contributed by atoms with van der Waals surface area (Å²) < 4.78 is 0. The normalized spacial score (nSPS) is 19.8. The van der Waals surface area contributed by atoms with Gasteiger partial charge in [0.15, 0.2) is 5.78 Å². The molecule has 0 fully saturated rings. The highest BCUT2D eigenvalue weighted by Crippen LogP contribution is 2.41. The number of Topliss-reactive ketones (excluding diaryl/α,β-unsaturated/α-hetero) is 1. The molecule has 0 radical (unpaired) electrons. The number of allylic oxidation sites excluding steroid dienone is 19. The second kappa shape index (κ2) is 21.7. The zero-order valence-electron chi connectivity index (χ0n) is 34.5. The molecule has 0 aromatic rings. The number of amides is 1. The number of hydrogen-bond acceptors (Lipinski definition) is 3. The molecule has 0 bridgehead atoms. The van der Waals surface area contributed by atoms with Crippen LogP contribution < -0.4 is 5.32 Å². The van der Waals surface area contributed by atoms with Crippen LogP contribution in [0.3, 0.4) is 0 Å². The predicted molar refractivity (Wildman–Crippen MR) is 223 cm³/mol. The second-order valence-electron chi connectivity index (χ2n) is 16.6. The summed E-state index contributed by atoms with van der Waals surface area (Å²) in [5.74, 6) is -0.434. The Morgan fingerprint density at radius 3 is 1.62 bits per heavy atom. The van der Waals surface area contributed by atoms with Gasteiger partial charge in [0, 0.05) is 25.0 Å². The maximum Gasteiger partial charge on any atom is 0.244 e. The molecule has 0 heterocycles. The van der Waals surface area contributed by atoms with Crippen molar-refractivity contribution in [3.8, 4) is 0 Å². The average Bonchev–Trinajstić information content (AvgIpc) is 3.02. The quantitative estimate of drug-likeness (QED) is 0.0876. The fraction of sp³-hybridized carbons (Fsp3) is 0.521. The molecule has 2 rings (SSSR count). The summed E-state index contributed by atoms with van der Waals surface area (Å²) in [5, 5.41) is 2.95. The van der Waals surface area contributed by atoms with Gasteiger partial charge < -0.3 is 5.32 Å². The zero-order valence-corrected chi connectivity index (χ0v) is 34.5. The van der Waals surface area contributed by atoms with Crippen molar-refractivity contribution < 1.29 is 14.4 Å². The topological polar surface area (TPSA) is 63.2 Å². The lowest BCUT2D eigenvalue weighted by atomic mass is 9.72. The number of carbonyl (C=O) groups is 3. The predicted octanol–water partition coefficient (Wildman–Crippen LogP) is 12.5. The van der Waals surface area contributed by atoms with Gasteiger partial charge in [0.2, 0.25) is 5.91 Å². The van der Waals surface area contributed by atoms with Crippen LogP contribution in [-0.2, 0) is 14.4 Å².